The highest BCUT2D eigenvalue weighted by atomic mass is 35.5. The lowest BCUT2D eigenvalue weighted by atomic mass is 10.1. The van der Waals surface area contributed by atoms with Crippen molar-refractivity contribution in [1.29, 1.82) is 0 Å². The van der Waals surface area contributed by atoms with Crippen LogP contribution < -0.4 is 16.1 Å². The van der Waals surface area contributed by atoms with Crippen molar-refractivity contribution in [3.8, 4) is 0 Å². The van der Waals surface area contributed by atoms with Gasteiger partial charge in [0.05, 0.1) is 10.9 Å². The lowest BCUT2D eigenvalue weighted by molar-refractivity contribution is 0.164. The third kappa shape index (κ3) is 3.55. The maximum atomic E-state index is 12.7. The van der Waals surface area contributed by atoms with E-state index in [1.807, 2.05) is 24.3 Å². The average Bonchev–Trinajstić information content (AvgIpc) is 2.98. The van der Waals surface area contributed by atoms with Crippen LogP contribution in [-0.2, 0) is 6.54 Å². The first-order valence-electron chi connectivity index (χ1n) is 10.6. The van der Waals surface area contributed by atoms with Crippen LogP contribution in [0.2, 0.25) is 5.02 Å². The second-order valence-corrected chi connectivity index (χ2v) is 8.73. The van der Waals surface area contributed by atoms with Crippen molar-refractivity contribution in [3.05, 3.63) is 74.4 Å². The third-order valence-corrected chi connectivity index (χ3v) is 6.76. The highest BCUT2D eigenvalue weighted by molar-refractivity contribution is 6.30. The summed E-state index contributed by atoms with van der Waals surface area (Å²) in [6.45, 7) is 3.36. The molecule has 2 aromatic carbocycles. The minimum Gasteiger partial charge on any atom is -0.368 e. The van der Waals surface area contributed by atoms with Crippen LogP contribution in [0.15, 0.2) is 58.1 Å². The molecule has 1 aromatic heterocycles. The number of rotatable bonds is 5. The fourth-order valence-corrected chi connectivity index (χ4v) is 5.16. The van der Waals surface area contributed by atoms with E-state index < -0.39 is 0 Å². The number of aromatic nitrogens is 2. The van der Waals surface area contributed by atoms with Gasteiger partial charge < -0.3 is 9.88 Å². The van der Waals surface area contributed by atoms with Gasteiger partial charge in [-0.3, -0.25) is 14.3 Å². The largest absolute Gasteiger partial charge is 0.368 e. The Bertz CT molecular complexity index is 1160. The van der Waals surface area contributed by atoms with E-state index in [2.05, 4.69) is 26.9 Å². The molecule has 7 heteroatoms. The summed E-state index contributed by atoms with van der Waals surface area (Å²) in [5.41, 5.74) is 1.30. The number of hydrogen-bond donors (Lipinski definition) is 1. The van der Waals surface area contributed by atoms with E-state index in [-0.39, 0.29) is 11.2 Å². The second kappa shape index (κ2) is 7.93. The molecule has 2 saturated heterocycles. The van der Waals surface area contributed by atoms with Gasteiger partial charge in [-0.15, -0.1) is 0 Å². The number of aromatic amines is 1. The van der Waals surface area contributed by atoms with Crippen LogP contribution in [0.5, 0.6) is 0 Å². The van der Waals surface area contributed by atoms with Crippen molar-refractivity contribution in [1.82, 2.24) is 14.5 Å². The summed E-state index contributed by atoms with van der Waals surface area (Å²) in [6, 6.07) is 16.3. The number of piperazine rings is 1. The van der Waals surface area contributed by atoms with Gasteiger partial charge in [0.1, 0.15) is 0 Å². The van der Waals surface area contributed by atoms with Gasteiger partial charge in [0.2, 0.25) is 0 Å². The molecule has 1 N–H and O–H groups in total. The van der Waals surface area contributed by atoms with Gasteiger partial charge in [-0.25, -0.2) is 4.79 Å². The van der Waals surface area contributed by atoms with Crippen LogP contribution in [0.3, 0.4) is 0 Å². The summed E-state index contributed by atoms with van der Waals surface area (Å²) in [7, 11) is 0. The first kappa shape index (κ1) is 19.4. The summed E-state index contributed by atoms with van der Waals surface area (Å²) in [6.07, 6.45) is 3.19. The van der Waals surface area contributed by atoms with Crippen molar-refractivity contribution in [2.24, 2.45) is 0 Å². The molecule has 30 heavy (non-hydrogen) atoms. The summed E-state index contributed by atoms with van der Waals surface area (Å²) in [5, 5.41) is 1.33. The molecule has 2 aliphatic heterocycles. The zero-order valence-corrected chi connectivity index (χ0v) is 17.5. The number of H-pyrrole nitrogens is 1. The van der Waals surface area contributed by atoms with Gasteiger partial charge in [-0.1, -0.05) is 23.7 Å². The Hall–Kier alpha value is -2.57. The van der Waals surface area contributed by atoms with Crippen LogP contribution in [0.25, 0.3) is 10.9 Å². The number of fused-ring (bicyclic) bond motifs is 3. The highest BCUT2D eigenvalue weighted by Gasteiger charge is 2.39. The van der Waals surface area contributed by atoms with Crippen LogP contribution in [0.4, 0.5) is 5.69 Å². The smallest absolute Gasteiger partial charge is 0.328 e. The molecule has 3 heterocycles. The lowest BCUT2D eigenvalue weighted by Crippen LogP contribution is -2.54. The van der Waals surface area contributed by atoms with Crippen molar-refractivity contribution < 1.29 is 0 Å². The van der Waals surface area contributed by atoms with E-state index in [0.29, 0.717) is 29.5 Å². The average molecular weight is 425 g/mol. The van der Waals surface area contributed by atoms with E-state index >= 15 is 0 Å². The van der Waals surface area contributed by atoms with Gasteiger partial charge in [-0.05, 0) is 55.7 Å². The Morgan fingerprint density at radius 1 is 0.933 bits per heavy atom. The molecule has 2 bridgehead atoms. The SMILES string of the molecule is O=c1[nH]c2ccccc2c(=O)n1CCCN1C2CCC1CN(c1ccc(Cl)cc1)C2. The third-order valence-electron chi connectivity index (χ3n) is 6.51. The Morgan fingerprint density at radius 2 is 1.63 bits per heavy atom. The van der Waals surface area contributed by atoms with Gasteiger partial charge >= 0.3 is 5.69 Å². The van der Waals surface area contributed by atoms with Gasteiger partial charge in [0.25, 0.3) is 5.56 Å². The Morgan fingerprint density at radius 3 is 2.37 bits per heavy atom. The van der Waals surface area contributed by atoms with Gasteiger partial charge in [0, 0.05) is 49.0 Å². The van der Waals surface area contributed by atoms with E-state index in [1.54, 1.807) is 12.1 Å². The lowest BCUT2D eigenvalue weighted by Gasteiger charge is -2.42. The number of para-hydroxylation sites is 1. The topological polar surface area (TPSA) is 61.3 Å². The first-order chi connectivity index (χ1) is 14.6. The quantitative estimate of drug-likeness (QED) is 0.683. The fourth-order valence-electron chi connectivity index (χ4n) is 5.03. The minimum atomic E-state index is -0.325. The summed E-state index contributed by atoms with van der Waals surface area (Å²) >= 11 is 6.03. The van der Waals surface area contributed by atoms with Crippen molar-refractivity contribution in [2.75, 3.05) is 24.5 Å². The zero-order chi connectivity index (χ0) is 20.7. The van der Waals surface area contributed by atoms with Crippen molar-refractivity contribution in [3.63, 3.8) is 0 Å². The number of anilines is 1. The summed E-state index contributed by atoms with van der Waals surface area (Å²) in [4.78, 5) is 32.9. The molecule has 0 saturated carbocycles. The van der Waals surface area contributed by atoms with E-state index in [4.69, 9.17) is 11.6 Å². The molecule has 2 fully saturated rings. The number of benzene rings is 2. The van der Waals surface area contributed by atoms with Gasteiger partial charge in [-0.2, -0.15) is 0 Å². The number of hydrogen-bond acceptors (Lipinski definition) is 4. The Balaban J connectivity index is 1.25. The molecule has 0 aliphatic carbocycles. The molecule has 6 nitrogen and oxygen atoms in total. The molecule has 5 rings (SSSR count). The molecule has 2 atom stereocenters. The Labute approximate surface area is 179 Å². The minimum absolute atomic E-state index is 0.204. The molecule has 156 valence electrons. The van der Waals surface area contributed by atoms with Gasteiger partial charge in [0.15, 0.2) is 0 Å². The predicted octanol–water partition coefficient (Wildman–Crippen LogP) is 3.09. The number of nitrogens with zero attached hydrogens (tertiary/aromatic N) is 3. The molecule has 0 spiro atoms. The molecular weight excluding hydrogens is 400 g/mol. The summed E-state index contributed by atoms with van der Waals surface area (Å²) < 4.78 is 1.34. The normalized spacial score (nSPS) is 21.4. The van der Waals surface area contributed by atoms with Crippen LogP contribution in [0, 0.1) is 0 Å². The first-order valence-corrected chi connectivity index (χ1v) is 11.0. The maximum Gasteiger partial charge on any atom is 0.328 e. The van der Waals surface area contributed by atoms with Crippen LogP contribution >= 0.6 is 11.6 Å². The van der Waals surface area contributed by atoms with E-state index in [1.165, 1.54) is 23.1 Å². The molecule has 2 unspecified atom stereocenters. The van der Waals surface area contributed by atoms with Crippen molar-refractivity contribution in [2.45, 2.75) is 37.9 Å². The van der Waals surface area contributed by atoms with E-state index in [0.717, 1.165) is 31.1 Å². The zero-order valence-electron chi connectivity index (χ0n) is 16.8. The summed E-state index contributed by atoms with van der Waals surface area (Å²) in [5.74, 6) is 0. The van der Waals surface area contributed by atoms with Crippen molar-refractivity contribution >= 4 is 28.2 Å². The highest BCUT2D eigenvalue weighted by Crippen LogP contribution is 2.33. The van der Waals surface area contributed by atoms with E-state index in [9.17, 15) is 9.59 Å². The van der Waals surface area contributed by atoms with Crippen LogP contribution in [-0.4, -0.2) is 46.2 Å². The molecule has 0 radical (unpaired) electrons. The fraction of sp³-hybridized carbons (Fsp3) is 0.391. The standard InChI is InChI=1S/C23H25ClN4O2/c24-16-6-8-17(9-7-16)26-14-18-10-11-19(15-26)27(18)12-3-13-28-22(29)20-4-1-2-5-21(20)25-23(28)30/h1-2,4-9,18-19H,3,10-15H2,(H,25,30). The number of nitrogens with one attached hydrogen (secondary N) is 1. The molecule has 2 aliphatic rings. The monoisotopic (exact) mass is 424 g/mol. The second-order valence-electron chi connectivity index (χ2n) is 8.29. The maximum absolute atomic E-state index is 12.7. The molecule has 0 amide bonds. The predicted molar refractivity (Wildman–Crippen MR) is 121 cm³/mol. The molecular formula is C23H25ClN4O2. The Kier molecular flexibility index (Phi) is 5.13. The van der Waals surface area contributed by atoms with Crippen LogP contribution in [0.1, 0.15) is 19.3 Å². The molecule has 3 aromatic rings. The number of halogens is 1.